The van der Waals surface area contributed by atoms with Crippen molar-refractivity contribution in [2.45, 2.75) is 32.7 Å². The fourth-order valence-corrected chi connectivity index (χ4v) is 2.79. The van der Waals surface area contributed by atoms with E-state index in [0.717, 1.165) is 24.0 Å². The number of carbonyl (C=O) groups excluding carboxylic acids is 1. The van der Waals surface area contributed by atoms with Crippen molar-refractivity contribution < 1.29 is 9.18 Å². The summed E-state index contributed by atoms with van der Waals surface area (Å²) in [7, 11) is 0. The second kappa shape index (κ2) is 6.90. The van der Waals surface area contributed by atoms with Gasteiger partial charge in [0.1, 0.15) is 11.5 Å². The molecule has 0 saturated heterocycles. The molecule has 2 heterocycles. The molecule has 6 nitrogen and oxygen atoms in total. The largest absolute Gasteiger partial charge is 0.294 e. The van der Waals surface area contributed by atoms with Crippen LogP contribution in [0.4, 0.5) is 10.3 Å². The van der Waals surface area contributed by atoms with Gasteiger partial charge in [-0.1, -0.05) is 0 Å². The molecule has 27 heavy (non-hydrogen) atoms. The summed E-state index contributed by atoms with van der Waals surface area (Å²) in [6.07, 6.45) is 5.37. The van der Waals surface area contributed by atoms with Gasteiger partial charge in [-0.2, -0.15) is 5.10 Å². The zero-order chi connectivity index (χ0) is 19.0. The molecule has 0 spiro atoms. The van der Waals surface area contributed by atoms with Gasteiger partial charge in [-0.3, -0.25) is 14.8 Å². The molecule has 0 bridgehead atoms. The van der Waals surface area contributed by atoms with E-state index in [0.29, 0.717) is 11.4 Å². The minimum absolute atomic E-state index is 0.0382. The Hall–Kier alpha value is -3.09. The van der Waals surface area contributed by atoms with Gasteiger partial charge < -0.3 is 0 Å². The van der Waals surface area contributed by atoms with E-state index < -0.39 is 0 Å². The van der Waals surface area contributed by atoms with Gasteiger partial charge in [-0.15, -0.1) is 0 Å². The fourth-order valence-electron chi connectivity index (χ4n) is 2.79. The zero-order valence-electron chi connectivity index (χ0n) is 15.2. The highest BCUT2D eigenvalue weighted by Gasteiger charge is 2.30. The van der Waals surface area contributed by atoms with E-state index in [4.69, 9.17) is 0 Å². The summed E-state index contributed by atoms with van der Waals surface area (Å²) in [6, 6.07) is 8.16. The van der Waals surface area contributed by atoms with Crippen LogP contribution in [-0.2, 0) is 4.79 Å². The Morgan fingerprint density at radius 3 is 2.63 bits per heavy atom. The van der Waals surface area contributed by atoms with Crippen molar-refractivity contribution in [3.05, 3.63) is 48.5 Å². The standard InChI is InChI=1S/C20H20FN5O/c1-12(2)26-11-16(18(25-26)13-5-7-15(21)8-6-13)17-9-10-22-20(23-17)24-19(27)14-3-4-14/h5-12,14H,3-4H2,1-2H3,(H,22,23,24,27). The van der Waals surface area contributed by atoms with E-state index in [9.17, 15) is 9.18 Å². The first-order valence-electron chi connectivity index (χ1n) is 9.00. The molecule has 1 aliphatic rings. The normalized spacial score (nSPS) is 13.8. The van der Waals surface area contributed by atoms with Crippen molar-refractivity contribution in [2.75, 3.05) is 5.32 Å². The van der Waals surface area contributed by atoms with Crippen molar-refractivity contribution >= 4 is 11.9 Å². The van der Waals surface area contributed by atoms with Gasteiger partial charge in [0.25, 0.3) is 0 Å². The SMILES string of the molecule is CC(C)n1cc(-c2ccnc(NC(=O)C3CC3)n2)c(-c2ccc(F)cc2)n1. The fraction of sp³-hybridized carbons (Fsp3) is 0.300. The first-order valence-corrected chi connectivity index (χ1v) is 9.00. The molecule has 3 aromatic rings. The first-order chi connectivity index (χ1) is 13.0. The predicted octanol–water partition coefficient (Wildman–Crippen LogP) is 4.08. The minimum atomic E-state index is -0.296. The van der Waals surface area contributed by atoms with Gasteiger partial charge in [0, 0.05) is 35.5 Å². The minimum Gasteiger partial charge on any atom is -0.294 e. The highest BCUT2D eigenvalue weighted by molar-refractivity contribution is 5.92. The predicted molar refractivity (Wildman–Crippen MR) is 100 cm³/mol. The number of amides is 1. The second-order valence-electron chi connectivity index (χ2n) is 7.00. The van der Waals surface area contributed by atoms with Crippen LogP contribution in [0.25, 0.3) is 22.5 Å². The lowest BCUT2D eigenvalue weighted by Crippen LogP contribution is -2.15. The summed E-state index contributed by atoms with van der Waals surface area (Å²) in [5, 5.41) is 7.43. The summed E-state index contributed by atoms with van der Waals surface area (Å²) in [6.45, 7) is 4.07. The number of nitrogens with one attached hydrogen (secondary N) is 1. The summed E-state index contributed by atoms with van der Waals surface area (Å²) >= 11 is 0. The van der Waals surface area contributed by atoms with Crippen LogP contribution in [0.5, 0.6) is 0 Å². The van der Waals surface area contributed by atoms with Crippen LogP contribution in [0.1, 0.15) is 32.7 Å². The Morgan fingerprint density at radius 1 is 1.22 bits per heavy atom. The van der Waals surface area contributed by atoms with Crippen LogP contribution in [0.2, 0.25) is 0 Å². The molecule has 1 fully saturated rings. The molecule has 1 N–H and O–H groups in total. The molecule has 1 amide bonds. The first kappa shape index (κ1) is 17.3. The summed E-state index contributed by atoms with van der Waals surface area (Å²) in [5.41, 5.74) is 2.97. The maximum atomic E-state index is 13.3. The van der Waals surface area contributed by atoms with Crippen molar-refractivity contribution in [1.82, 2.24) is 19.7 Å². The van der Waals surface area contributed by atoms with Gasteiger partial charge in [0.2, 0.25) is 11.9 Å². The number of aromatic nitrogens is 4. The monoisotopic (exact) mass is 365 g/mol. The van der Waals surface area contributed by atoms with Crippen LogP contribution in [0, 0.1) is 11.7 Å². The molecule has 2 aromatic heterocycles. The topological polar surface area (TPSA) is 72.7 Å². The Morgan fingerprint density at radius 2 is 1.96 bits per heavy atom. The lowest BCUT2D eigenvalue weighted by molar-refractivity contribution is -0.117. The molecule has 0 aliphatic heterocycles. The number of halogens is 1. The smallest absolute Gasteiger partial charge is 0.229 e. The zero-order valence-corrected chi connectivity index (χ0v) is 15.2. The van der Waals surface area contributed by atoms with Crippen molar-refractivity contribution in [2.24, 2.45) is 5.92 Å². The molecule has 0 radical (unpaired) electrons. The van der Waals surface area contributed by atoms with E-state index in [-0.39, 0.29) is 29.6 Å². The van der Waals surface area contributed by atoms with Crippen molar-refractivity contribution in [3.8, 4) is 22.5 Å². The molecule has 138 valence electrons. The second-order valence-corrected chi connectivity index (χ2v) is 7.00. The number of hydrogen-bond donors (Lipinski definition) is 1. The Labute approximate surface area is 156 Å². The third-order valence-corrected chi connectivity index (χ3v) is 4.49. The maximum Gasteiger partial charge on any atom is 0.229 e. The molecule has 1 aromatic carbocycles. The van der Waals surface area contributed by atoms with Crippen LogP contribution in [0.3, 0.4) is 0 Å². The van der Waals surface area contributed by atoms with E-state index in [2.05, 4.69) is 20.4 Å². The molecular formula is C20H20FN5O. The quantitative estimate of drug-likeness (QED) is 0.739. The van der Waals surface area contributed by atoms with Crippen LogP contribution in [-0.4, -0.2) is 25.7 Å². The number of anilines is 1. The Kier molecular flexibility index (Phi) is 4.43. The van der Waals surface area contributed by atoms with Crippen LogP contribution in [0.15, 0.2) is 42.7 Å². The van der Waals surface area contributed by atoms with Gasteiger partial charge in [0.05, 0.1) is 5.69 Å². The van der Waals surface area contributed by atoms with Crippen molar-refractivity contribution in [3.63, 3.8) is 0 Å². The van der Waals surface area contributed by atoms with Gasteiger partial charge >= 0.3 is 0 Å². The highest BCUT2D eigenvalue weighted by Crippen LogP contribution is 2.32. The van der Waals surface area contributed by atoms with Crippen molar-refractivity contribution in [1.29, 1.82) is 0 Å². The number of carbonyl (C=O) groups is 1. The van der Waals surface area contributed by atoms with Gasteiger partial charge in [-0.25, -0.2) is 14.4 Å². The third kappa shape index (κ3) is 3.72. The van der Waals surface area contributed by atoms with E-state index in [1.807, 2.05) is 24.7 Å². The maximum absolute atomic E-state index is 13.3. The molecule has 1 saturated carbocycles. The molecule has 0 atom stereocenters. The third-order valence-electron chi connectivity index (χ3n) is 4.49. The van der Waals surface area contributed by atoms with E-state index in [1.165, 1.54) is 12.1 Å². The molecule has 1 aliphatic carbocycles. The van der Waals surface area contributed by atoms with Gasteiger partial charge in [0.15, 0.2) is 0 Å². The summed E-state index contributed by atoms with van der Waals surface area (Å²) < 4.78 is 15.2. The van der Waals surface area contributed by atoms with E-state index in [1.54, 1.807) is 24.4 Å². The molecule has 4 rings (SSSR count). The lowest BCUT2D eigenvalue weighted by atomic mass is 10.1. The van der Waals surface area contributed by atoms with Gasteiger partial charge in [-0.05, 0) is 57.0 Å². The Balaban J connectivity index is 1.73. The number of rotatable bonds is 5. The highest BCUT2D eigenvalue weighted by atomic mass is 19.1. The summed E-state index contributed by atoms with van der Waals surface area (Å²) in [4.78, 5) is 20.6. The number of benzene rings is 1. The molecule has 7 heteroatoms. The van der Waals surface area contributed by atoms with Crippen LogP contribution < -0.4 is 5.32 Å². The summed E-state index contributed by atoms with van der Waals surface area (Å²) in [5.74, 6) is 0.0296. The van der Waals surface area contributed by atoms with E-state index >= 15 is 0 Å². The molecule has 0 unspecified atom stereocenters. The Bertz CT molecular complexity index is 976. The number of nitrogens with zero attached hydrogens (tertiary/aromatic N) is 4. The average molecular weight is 365 g/mol. The average Bonchev–Trinajstić information content (AvgIpc) is 3.41. The van der Waals surface area contributed by atoms with Crippen LogP contribution >= 0.6 is 0 Å². The molecular weight excluding hydrogens is 345 g/mol. The lowest BCUT2D eigenvalue weighted by Gasteiger charge is -2.05. The number of hydrogen-bond acceptors (Lipinski definition) is 4.